The highest BCUT2D eigenvalue weighted by Gasteiger charge is 2.04. The molecule has 0 bridgehead atoms. The fourth-order valence-corrected chi connectivity index (χ4v) is 1.97. The van der Waals surface area contributed by atoms with Crippen LogP contribution in [0.15, 0.2) is 18.3 Å². The summed E-state index contributed by atoms with van der Waals surface area (Å²) in [6.07, 6.45) is 4.89. The Labute approximate surface area is 94.9 Å². The van der Waals surface area contributed by atoms with Gasteiger partial charge in [-0.1, -0.05) is 6.92 Å². The van der Waals surface area contributed by atoms with Crippen LogP contribution in [0.5, 0.6) is 0 Å². The highest BCUT2D eigenvalue weighted by Crippen LogP contribution is 2.11. The minimum atomic E-state index is 0.457. The minimum absolute atomic E-state index is 0.457. The first-order valence-corrected chi connectivity index (χ1v) is 6.31. The van der Waals surface area contributed by atoms with Crippen molar-refractivity contribution in [3.05, 3.63) is 24.0 Å². The largest absolute Gasteiger partial charge is 0.380 e. The number of pyridine rings is 1. The van der Waals surface area contributed by atoms with Crippen LogP contribution in [-0.4, -0.2) is 23.0 Å². The smallest absolute Gasteiger partial charge is 0.140 e. The van der Waals surface area contributed by atoms with Crippen molar-refractivity contribution in [3.63, 3.8) is 0 Å². The molecule has 0 unspecified atom stereocenters. The Morgan fingerprint density at radius 1 is 1.60 bits per heavy atom. The van der Waals surface area contributed by atoms with E-state index < -0.39 is 0 Å². The lowest BCUT2D eigenvalue weighted by molar-refractivity contribution is 0.774. The summed E-state index contributed by atoms with van der Waals surface area (Å²) in [5, 5.41) is 12.0. The van der Waals surface area contributed by atoms with Gasteiger partial charge in [-0.25, -0.2) is 4.98 Å². The number of nitrogens with one attached hydrogen (secondary N) is 1. The molecule has 0 aliphatic heterocycles. The zero-order valence-corrected chi connectivity index (χ0v) is 9.84. The van der Waals surface area contributed by atoms with Gasteiger partial charge in [0.25, 0.3) is 0 Å². The number of rotatable bonds is 5. The van der Waals surface area contributed by atoms with Gasteiger partial charge in [-0.15, -0.1) is 0 Å². The second-order valence-electron chi connectivity index (χ2n) is 3.25. The average molecular weight is 221 g/mol. The summed E-state index contributed by atoms with van der Waals surface area (Å²) < 4.78 is 0. The molecule has 1 rings (SSSR count). The topological polar surface area (TPSA) is 48.7 Å². The van der Waals surface area contributed by atoms with Crippen molar-refractivity contribution in [1.82, 2.24) is 4.98 Å². The van der Waals surface area contributed by atoms with Crippen molar-refractivity contribution in [3.8, 4) is 6.07 Å². The van der Waals surface area contributed by atoms with Gasteiger partial charge < -0.3 is 5.32 Å². The average Bonchev–Trinajstić information content (AvgIpc) is 2.29. The van der Waals surface area contributed by atoms with Gasteiger partial charge in [0, 0.05) is 11.8 Å². The van der Waals surface area contributed by atoms with Gasteiger partial charge in [0.2, 0.25) is 0 Å². The summed E-state index contributed by atoms with van der Waals surface area (Å²) in [4.78, 5) is 4.01. The molecule has 15 heavy (non-hydrogen) atoms. The van der Waals surface area contributed by atoms with Gasteiger partial charge in [0.15, 0.2) is 0 Å². The summed E-state index contributed by atoms with van der Waals surface area (Å²) >= 11 is 1.83. The first-order valence-electron chi connectivity index (χ1n) is 4.91. The third kappa shape index (κ3) is 3.80. The van der Waals surface area contributed by atoms with Crippen molar-refractivity contribution >= 4 is 17.4 Å². The van der Waals surface area contributed by atoms with E-state index in [2.05, 4.69) is 23.5 Å². The zero-order valence-electron chi connectivity index (χ0n) is 9.03. The molecule has 0 radical (unpaired) electrons. The third-order valence-electron chi connectivity index (χ3n) is 2.11. The van der Waals surface area contributed by atoms with E-state index in [0.717, 1.165) is 17.9 Å². The van der Waals surface area contributed by atoms with Gasteiger partial charge >= 0.3 is 0 Å². The monoisotopic (exact) mass is 221 g/mol. The van der Waals surface area contributed by atoms with Crippen molar-refractivity contribution in [2.75, 3.05) is 17.3 Å². The Kier molecular flexibility index (Phi) is 4.99. The van der Waals surface area contributed by atoms with E-state index >= 15 is 0 Å². The molecular weight excluding hydrogens is 206 g/mol. The number of anilines is 1. The van der Waals surface area contributed by atoms with E-state index in [1.807, 2.05) is 23.9 Å². The van der Waals surface area contributed by atoms with Gasteiger partial charge in [0.1, 0.15) is 11.8 Å². The molecule has 4 heteroatoms. The number of hydrogen-bond acceptors (Lipinski definition) is 4. The minimum Gasteiger partial charge on any atom is -0.380 e. The standard InChI is InChI=1S/C11H15N3S/c1-3-9(8-15-2)14-11-5-4-10(6-12)13-7-11/h4-5,7,9,14H,3,8H2,1-2H3/t9-/m0/s1. The maximum atomic E-state index is 8.60. The Morgan fingerprint density at radius 2 is 2.40 bits per heavy atom. The predicted octanol–water partition coefficient (Wildman–Crippen LogP) is 2.51. The van der Waals surface area contributed by atoms with Crippen LogP contribution in [-0.2, 0) is 0 Å². The van der Waals surface area contributed by atoms with E-state index in [1.54, 1.807) is 12.3 Å². The quantitative estimate of drug-likeness (QED) is 0.830. The molecule has 80 valence electrons. The second kappa shape index (κ2) is 6.31. The number of aromatic nitrogens is 1. The number of thioether (sulfide) groups is 1. The fourth-order valence-electron chi connectivity index (χ4n) is 1.24. The van der Waals surface area contributed by atoms with Crippen LogP contribution in [0.25, 0.3) is 0 Å². The van der Waals surface area contributed by atoms with Crippen molar-refractivity contribution in [2.45, 2.75) is 19.4 Å². The molecule has 0 saturated heterocycles. The third-order valence-corrected chi connectivity index (χ3v) is 2.85. The molecule has 0 spiro atoms. The van der Waals surface area contributed by atoms with Crippen LogP contribution < -0.4 is 5.32 Å². The molecule has 0 aliphatic rings. The van der Waals surface area contributed by atoms with E-state index in [9.17, 15) is 0 Å². The Morgan fingerprint density at radius 3 is 2.87 bits per heavy atom. The summed E-state index contributed by atoms with van der Waals surface area (Å²) in [6, 6.07) is 6.10. The maximum absolute atomic E-state index is 8.60. The van der Waals surface area contributed by atoms with Crippen LogP contribution in [0, 0.1) is 11.3 Å². The summed E-state index contributed by atoms with van der Waals surface area (Å²) in [5.41, 5.74) is 1.44. The second-order valence-corrected chi connectivity index (χ2v) is 4.16. The highest BCUT2D eigenvalue weighted by molar-refractivity contribution is 7.98. The number of nitrogens with zero attached hydrogens (tertiary/aromatic N) is 2. The SMILES string of the molecule is CC[C@@H](CSC)Nc1ccc(C#N)nc1. The van der Waals surface area contributed by atoms with Gasteiger partial charge in [0.05, 0.1) is 11.9 Å². The summed E-state index contributed by atoms with van der Waals surface area (Å²) in [6.45, 7) is 2.16. The van der Waals surface area contributed by atoms with Crippen molar-refractivity contribution in [2.24, 2.45) is 0 Å². The normalized spacial score (nSPS) is 11.8. The van der Waals surface area contributed by atoms with E-state index in [1.165, 1.54) is 0 Å². The molecule has 1 atom stereocenters. The molecule has 0 fully saturated rings. The van der Waals surface area contributed by atoms with Crippen LogP contribution in [0.2, 0.25) is 0 Å². The Bertz CT molecular complexity index is 329. The highest BCUT2D eigenvalue weighted by atomic mass is 32.2. The molecule has 1 N–H and O–H groups in total. The summed E-state index contributed by atoms with van der Waals surface area (Å²) in [5.74, 6) is 1.08. The maximum Gasteiger partial charge on any atom is 0.140 e. The van der Waals surface area contributed by atoms with Gasteiger partial charge in [-0.2, -0.15) is 17.0 Å². The lowest BCUT2D eigenvalue weighted by Crippen LogP contribution is -2.21. The van der Waals surface area contributed by atoms with Crippen LogP contribution in [0.3, 0.4) is 0 Å². The first kappa shape index (κ1) is 11.9. The van der Waals surface area contributed by atoms with Gasteiger partial charge in [-0.3, -0.25) is 0 Å². The summed E-state index contributed by atoms with van der Waals surface area (Å²) in [7, 11) is 0. The molecule has 1 aromatic rings. The molecule has 0 saturated carbocycles. The van der Waals surface area contributed by atoms with Crippen LogP contribution >= 0.6 is 11.8 Å². The predicted molar refractivity (Wildman–Crippen MR) is 65.0 cm³/mol. The molecular formula is C11H15N3S. The molecule has 1 aromatic heterocycles. The van der Waals surface area contributed by atoms with Crippen LogP contribution in [0.1, 0.15) is 19.0 Å². The van der Waals surface area contributed by atoms with E-state index in [4.69, 9.17) is 5.26 Å². The lowest BCUT2D eigenvalue weighted by Gasteiger charge is -2.16. The fraction of sp³-hybridized carbons (Fsp3) is 0.455. The molecule has 3 nitrogen and oxygen atoms in total. The van der Waals surface area contributed by atoms with Gasteiger partial charge in [-0.05, 0) is 24.8 Å². The molecule has 0 amide bonds. The van der Waals surface area contributed by atoms with E-state index in [-0.39, 0.29) is 0 Å². The zero-order chi connectivity index (χ0) is 11.1. The molecule has 0 aromatic carbocycles. The first-order chi connectivity index (χ1) is 7.30. The Hall–Kier alpha value is -1.21. The van der Waals surface area contributed by atoms with E-state index in [0.29, 0.717) is 11.7 Å². The lowest BCUT2D eigenvalue weighted by atomic mass is 10.2. The number of hydrogen-bond donors (Lipinski definition) is 1. The van der Waals surface area contributed by atoms with Crippen molar-refractivity contribution < 1.29 is 0 Å². The molecule has 1 heterocycles. The molecule has 0 aliphatic carbocycles. The Balaban J connectivity index is 2.59. The number of nitriles is 1. The van der Waals surface area contributed by atoms with Crippen molar-refractivity contribution in [1.29, 1.82) is 5.26 Å². The van der Waals surface area contributed by atoms with Crippen LogP contribution in [0.4, 0.5) is 5.69 Å².